The molecule has 1 aliphatic heterocycles. The fourth-order valence-corrected chi connectivity index (χ4v) is 1.93. The Bertz CT molecular complexity index is 484. The van der Waals surface area contributed by atoms with Crippen molar-refractivity contribution in [1.29, 1.82) is 0 Å². The molecule has 1 aromatic carbocycles. The summed E-state index contributed by atoms with van der Waals surface area (Å²) in [4.78, 5) is 22.4. The molecule has 5 heteroatoms. The van der Waals surface area contributed by atoms with Crippen LogP contribution in [-0.4, -0.2) is 25.1 Å². The summed E-state index contributed by atoms with van der Waals surface area (Å²) in [6.07, 6.45) is 1.46. The lowest BCUT2D eigenvalue weighted by atomic mass is 10.0. The van der Waals surface area contributed by atoms with Crippen molar-refractivity contribution >= 4 is 17.6 Å². The average Bonchev–Trinajstić information content (AvgIpc) is 2.39. The van der Waals surface area contributed by atoms with Gasteiger partial charge in [0.2, 0.25) is 5.91 Å². The number of esters is 1. The molecule has 0 radical (unpaired) electrons. The number of carbonyl (C=O) groups is 2. The predicted octanol–water partition coefficient (Wildman–Crippen LogP) is 1.90. The molecule has 0 bridgehead atoms. The third kappa shape index (κ3) is 3.71. The summed E-state index contributed by atoms with van der Waals surface area (Å²) in [6.45, 7) is 2.46. The first-order chi connectivity index (χ1) is 9.19. The predicted molar refractivity (Wildman–Crippen MR) is 70.1 cm³/mol. The molecular formula is C14H17NO4. The summed E-state index contributed by atoms with van der Waals surface area (Å²) in [6, 6.07) is 5.52. The maximum absolute atomic E-state index is 11.2. The van der Waals surface area contributed by atoms with Crippen LogP contribution in [0.15, 0.2) is 18.2 Å². The standard InChI is InChI=1S/C14H17NO4/c1-2-18-14(17)7-8-19-11-4-5-12-10(9-11)3-6-13(16)15-12/h4-5,9H,2-3,6-8H2,1H3,(H,15,16). The molecule has 1 amide bonds. The first-order valence-electron chi connectivity index (χ1n) is 6.40. The first kappa shape index (κ1) is 13.4. The number of anilines is 1. The van der Waals surface area contributed by atoms with Crippen LogP contribution in [0.5, 0.6) is 5.75 Å². The fraction of sp³-hybridized carbons (Fsp3) is 0.429. The second-order valence-electron chi connectivity index (χ2n) is 4.27. The Morgan fingerprint density at radius 2 is 2.21 bits per heavy atom. The number of benzene rings is 1. The smallest absolute Gasteiger partial charge is 0.309 e. The quantitative estimate of drug-likeness (QED) is 0.824. The van der Waals surface area contributed by atoms with Crippen molar-refractivity contribution in [3.8, 4) is 5.75 Å². The second kappa shape index (κ2) is 6.22. The molecule has 1 heterocycles. The number of aryl methyl sites for hydroxylation is 1. The third-order valence-electron chi connectivity index (χ3n) is 2.85. The van der Waals surface area contributed by atoms with E-state index in [9.17, 15) is 9.59 Å². The first-order valence-corrected chi connectivity index (χ1v) is 6.40. The van der Waals surface area contributed by atoms with Crippen molar-refractivity contribution in [2.75, 3.05) is 18.5 Å². The minimum Gasteiger partial charge on any atom is -0.493 e. The van der Waals surface area contributed by atoms with E-state index in [-0.39, 0.29) is 18.3 Å². The molecule has 0 atom stereocenters. The topological polar surface area (TPSA) is 64.6 Å². The molecule has 0 spiro atoms. The molecule has 0 saturated carbocycles. The lowest BCUT2D eigenvalue weighted by molar-refractivity contribution is -0.143. The highest BCUT2D eigenvalue weighted by molar-refractivity contribution is 5.93. The molecule has 0 saturated heterocycles. The van der Waals surface area contributed by atoms with E-state index in [1.165, 1.54) is 0 Å². The average molecular weight is 263 g/mol. The van der Waals surface area contributed by atoms with Gasteiger partial charge in [-0.05, 0) is 37.1 Å². The van der Waals surface area contributed by atoms with Gasteiger partial charge in [-0.1, -0.05) is 0 Å². The van der Waals surface area contributed by atoms with Gasteiger partial charge in [-0.25, -0.2) is 0 Å². The zero-order valence-corrected chi connectivity index (χ0v) is 10.9. The largest absolute Gasteiger partial charge is 0.493 e. The highest BCUT2D eigenvalue weighted by Crippen LogP contribution is 2.26. The Hall–Kier alpha value is -2.04. The van der Waals surface area contributed by atoms with E-state index in [2.05, 4.69) is 5.32 Å². The van der Waals surface area contributed by atoms with Gasteiger partial charge in [0.05, 0.1) is 19.6 Å². The highest BCUT2D eigenvalue weighted by Gasteiger charge is 2.15. The minimum atomic E-state index is -0.257. The molecule has 0 fully saturated rings. The van der Waals surface area contributed by atoms with Gasteiger partial charge in [0.25, 0.3) is 0 Å². The second-order valence-corrected chi connectivity index (χ2v) is 4.27. The van der Waals surface area contributed by atoms with Crippen molar-refractivity contribution < 1.29 is 19.1 Å². The Balaban J connectivity index is 1.88. The molecule has 102 valence electrons. The van der Waals surface area contributed by atoms with Crippen molar-refractivity contribution in [2.45, 2.75) is 26.2 Å². The van der Waals surface area contributed by atoms with Crippen LogP contribution in [0.25, 0.3) is 0 Å². The van der Waals surface area contributed by atoms with Crippen LogP contribution < -0.4 is 10.1 Å². The number of nitrogens with one attached hydrogen (secondary N) is 1. The molecule has 0 aromatic heterocycles. The normalized spacial score (nSPS) is 13.4. The van der Waals surface area contributed by atoms with E-state index >= 15 is 0 Å². The van der Waals surface area contributed by atoms with Crippen LogP contribution in [0.2, 0.25) is 0 Å². The molecule has 0 unspecified atom stereocenters. The van der Waals surface area contributed by atoms with Crippen molar-refractivity contribution in [1.82, 2.24) is 0 Å². The van der Waals surface area contributed by atoms with E-state index in [0.29, 0.717) is 25.4 Å². The molecule has 0 aliphatic carbocycles. The van der Waals surface area contributed by atoms with E-state index in [0.717, 1.165) is 17.7 Å². The zero-order valence-electron chi connectivity index (χ0n) is 10.9. The van der Waals surface area contributed by atoms with Gasteiger partial charge in [-0.15, -0.1) is 0 Å². The summed E-state index contributed by atoms with van der Waals surface area (Å²) >= 11 is 0. The van der Waals surface area contributed by atoms with Gasteiger partial charge in [-0.3, -0.25) is 9.59 Å². The Morgan fingerprint density at radius 3 is 3.00 bits per heavy atom. The van der Waals surface area contributed by atoms with Crippen LogP contribution in [0.3, 0.4) is 0 Å². The van der Waals surface area contributed by atoms with Crippen LogP contribution >= 0.6 is 0 Å². The lowest BCUT2D eigenvalue weighted by Crippen LogP contribution is -2.18. The van der Waals surface area contributed by atoms with Gasteiger partial charge in [-0.2, -0.15) is 0 Å². The number of hydrogen-bond acceptors (Lipinski definition) is 4. The van der Waals surface area contributed by atoms with Gasteiger partial charge in [0, 0.05) is 12.1 Å². The van der Waals surface area contributed by atoms with Crippen molar-refractivity contribution in [3.63, 3.8) is 0 Å². The number of amides is 1. The molecule has 2 rings (SSSR count). The van der Waals surface area contributed by atoms with Gasteiger partial charge in [0.15, 0.2) is 0 Å². The Kier molecular flexibility index (Phi) is 4.39. The fourth-order valence-electron chi connectivity index (χ4n) is 1.93. The van der Waals surface area contributed by atoms with Crippen molar-refractivity contribution in [2.24, 2.45) is 0 Å². The summed E-state index contributed by atoms with van der Waals surface area (Å²) in [5.41, 5.74) is 1.90. The van der Waals surface area contributed by atoms with Gasteiger partial charge < -0.3 is 14.8 Å². The van der Waals surface area contributed by atoms with E-state index < -0.39 is 0 Å². The highest BCUT2D eigenvalue weighted by atomic mass is 16.5. The Labute approximate surface area is 111 Å². The van der Waals surface area contributed by atoms with Crippen LogP contribution in [0, 0.1) is 0 Å². The molecule has 1 aliphatic rings. The number of ether oxygens (including phenoxy) is 2. The summed E-state index contributed by atoms with van der Waals surface area (Å²) < 4.78 is 10.3. The maximum atomic E-state index is 11.2. The summed E-state index contributed by atoms with van der Waals surface area (Å²) in [5.74, 6) is 0.496. The molecule has 5 nitrogen and oxygen atoms in total. The minimum absolute atomic E-state index is 0.0449. The van der Waals surface area contributed by atoms with Gasteiger partial charge >= 0.3 is 5.97 Å². The lowest BCUT2D eigenvalue weighted by Gasteiger charge is -2.17. The number of fused-ring (bicyclic) bond motifs is 1. The zero-order chi connectivity index (χ0) is 13.7. The summed E-state index contributed by atoms with van der Waals surface area (Å²) in [7, 11) is 0. The maximum Gasteiger partial charge on any atom is 0.309 e. The van der Waals surface area contributed by atoms with Crippen molar-refractivity contribution in [3.05, 3.63) is 23.8 Å². The van der Waals surface area contributed by atoms with E-state index in [4.69, 9.17) is 9.47 Å². The summed E-state index contributed by atoms with van der Waals surface area (Å²) in [5, 5.41) is 2.81. The SMILES string of the molecule is CCOC(=O)CCOc1ccc2c(c1)CCC(=O)N2. The molecule has 1 N–H and O–H groups in total. The molecular weight excluding hydrogens is 246 g/mol. The third-order valence-corrected chi connectivity index (χ3v) is 2.85. The number of rotatable bonds is 5. The van der Waals surface area contributed by atoms with Gasteiger partial charge in [0.1, 0.15) is 5.75 Å². The van der Waals surface area contributed by atoms with Crippen LogP contribution in [0.4, 0.5) is 5.69 Å². The number of hydrogen-bond donors (Lipinski definition) is 1. The number of carbonyl (C=O) groups excluding carboxylic acids is 2. The van der Waals surface area contributed by atoms with E-state index in [1.54, 1.807) is 13.0 Å². The Morgan fingerprint density at radius 1 is 1.37 bits per heavy atom. The van der Waals surface area contributed by atoms with Crippen LogP contribution in [0.1, 0.15) is 25.3 Å². The monoisotopic (exact) mass is 263 g/mol. The molecule has 1 aromatic rings. The van der Waals surface area contributed by atoms with E-state index in [1.807, 2.05) is 12.1 Å². The van der Waals surface area contributed by atoms with Crippen LogP contribution in [-0.2, 0) is 20.7 Å². The molecule has 19 heavy (non-hydrogen) atoms.